The largest absolute Gasteiger partial charge is 0.318 e. The number of hydrogen-bond acceptors (Lipinski definition) is 3. The Labute approximate surface area is 121 Å². The predicted molar refractivity (Wildman–Crippen MR) is 80.5 cm³/mol. The molecule has 1 heterocycles. The molecule has 0 aromatic heterocycles. The van der Waals surface area contributed by atoms with Gasteiger partial charge in [0, 0.05) is 25.7 Å². The molecule has 0 bridgehead atoms. The molecular formula is C14H23N3O2S. The summed E-state index contributed by atoms with van der Waals surface area (Å²) in [5.41, 5.74) is 0.971. The normalized spacial score (nSPS) is 20.9. The van der Waals surface area contributed by atoms with E-state index in [0.29, 0.717) is 19.6 Å². The van der Waals surface area contributed by atoms with Gasteiger partial charge in [-0.25, -0.2) is 0 Å². The van der Waals surface area contributed by atoms with Gasteiger partial charge in [0.05, 0.1) is 0 Å². The van der Waals surface area contributed by atoms with Gasteiger partial charge >= 0.3 is 0 Å². The second-order valence-electron chi connectivity index (χ2n) is 5.13. The topological polar surface area (TPSA) is 61.4 Å². The van der Waals surface area contributed by atoms with Crippen LogP contribution in [0.25, 0.3) is 0 Å². The van der Waals surface area contributed by atoms with Crippen molar-refractivity contribution >= 4 is 10.2 Å². The molecule has 1 saturated heterocycles. The maximum Gasteiger partial charge on any atom is 0.280 e. The van der Waals surface area contributed by atoms with Gasteiger partial charge < -0.3 is 5.32 Å². The molecule has 2 rings (SSSR count). The van der Waals surface area contributed by atoms with Gasteiger partial charge in [-0.15, -0.1) is 0 Å². The van der Waals surface area contributed by atoms with E-state index >= 15 is 0 Å². The Kier molecular flexibility index (Phi) is 5.54. The number of nitrogens with zero attached hydrogens (tertiary/aromatic N) is 1. The van der Waals surface area contributed by atoms with E-state index in [1.165, 1.54) is 0 Å². The molecule has 0 saturated carbocycles. The predicted octanol–water partition coefficient (Wildman–Crippen LogP) is 1.09. The van der Waals surface area contributed by atoms with E-state index in [-0.39, 0.29) is 6.04 Å². The van der Waals surface area contributed by atoms with Gasteiger partial charge in [0.1, 0.15) is 0 Å². The van der Waals surface area contributed by atoms with Gasteiger partial charge in [-0.1, -0.05) is 36.8 Å². The molecule has 1 atom stereocenters. The van der Waals surface area contributed by atoms with E-state index in [4.69, 9.17) is 0 Å². The van der Waals surface area contributed by atoms with E-state index in [1.807, 2.05) is 37.4 Å². The smallest absolute Gasteiger partial charge is 0.280 e. The van der Waals surface area contributed by atoms with Crippen molar-refractivity contribution in [2.45, 2.75) is 31.8 Å². The molecule has 1 unspecified atom stereocenters. The number of rotatable bonds is 6. The molecule has 1 aromatic carbocycles. The molecule has 1 aliphatic rings. The third kappa shape index (κ3) is 4.02. The summed E-state index contributed by atoms with van der Waals surface area (Å²) in [5.74, 6) is 0. The lowest BCUT2D eigenvalue weighted by Gasteiger charge is -2.34. The molecule has 6 heteroatoms. The first-order valence-corrected chi connectivity index (χ1v) is 8.52. The molecule has 0 spiro atoms. The van der Waals surface area contributed by atoms with E-state index < -0.39 is 10.2 Å². The first kappa shape index (κ1) is 15.4. The van der Waals surface area contributed by atoms with Crippen LogP contribution in [0.4, 0.5) is 0 Å². The third-order valence-electron chi connectivity index (χ3n) is 3.62. The Balaban J connectivity index is 2.01. The monoisotopic (exact) mass is 297 g/mol. The minimum absolute atomic E-state index is 0.0574. The number of likely N-dealkylation sites (N-methyl/N-ethyl adjacent to an activating group) is 1. The van der Waals surface area contributed by atoms with Crippen molar-refractivity contribution in [3.05, 3.63) is 35.9 Å². The lowest BCUT2D eigenvalue weighted by molar-refractivity contribution is 0.246. The van der Waals surface area contributed by atoms with Gasteiger partial charge in [0.15, 0.2) is 0 Å². The lowest BCUT2D eigenvalue weighted by atomic mass is 10.1. The first-order chi connectivity index (χ1) is 9.63. The first-order valence-electron chi connectivity index (χ1n) is 7.08. The van der Waals surface area contributed by atoms with Crippen LogP contribution in [0.15, 0.2) is 30.3 Å². The Hall–Kier alpha value is -0.950. The molecule has 1 aliphatic heterocycles. The molecule has 1 aromatic rings. The highest BCUT2D eigenvalue weighted by molar-refractivity contribution is 7.87. The van der Waals surface area contributed by atoms with Gasteiger partial charge in [-0.3, -0.25) is 0 Å². The van der Waals surface area contributed by atoms with Gasteiger partial charge in [0.25, 0.3) is 10.2 Å². The summed E-state index contributed by atoms with van der Waals surface area (Å²) in [6.07, 6.45) is 2.95. The number of hydrogen-bond donors (Lipinski definition) is 2. The van der Waals surface area contributed by atoms with Crippen LogP contribution in [0.1, 0.15) is 24.8 Å². The molecular weight excluding hydrogens is 274 g/mol. The summed E-state index contributed by atoms with van der Waals surface area (Å²) in [5, 5.41) is 3.08. The molecule has 20 heavy (non-hydrogen) atoms. The molecule has 1 fully saturated rings. The standard InChI is InChI=1S/C14H23N3O2S/c1-15-12-14-9-5-6-10-17(14)20(18,19)16-11-13-7-3-2-4-8-13/h2-4,7-8,14-16H,5-6,9-12H2,1H3. The van der Waals surface area contributed by atoms with Crippen LogP contribution in [0.5, 0.6) is 0 Å². The summed E-state index contributed by atoms with van der Waals surface area (Å²) < 4.78 is 29.2. The zero-order valence-electron chi connectivity index (χ0n) is 11.9. The molecule has 2 N–H and O–H groups in total. The summed E-state index contributed by atoms with van der Waals surface area (Å²) in [6.45, 7) is 1.65. The second-order valence-corrected chi connectivity index (χ2v) is 6.84. The van der Waals surface area contributed by atoms with Crippen molar-refractivity contribution in [3.8, 4) is 0 Å². The quantitative estimate of drug-likeness (QED) is 0.826. The Morgan fingerprint density at radius 3 is 2.70 bits per heavy atom. The van der Waals surface area contributed by atoms with Gasteiger partial charge in [0.2, 0.25) is 0 Å². The summed E-state index contributed by atoms with van der Waals surface area (Å²) in [4.78, 5) is 0. The van der Waals surface area contributed by atoms with E-state index in [1.54, 1.807) is 4.31 Å². The SMILES string of the molecule is CNCC1CCCCN1S(=O)(=O)NCc1ccccc1. The molecule has 112 valence electrons. The van der Waals surface area contributed by atoms with Crippen molar-refractivity contribution in [3.63, 3.8) is 0 Å². The lowest BCUT2D eigenvalue weighted by Crippen LogP contribution is -2.51. The van der Waals surface area contributed by atoms with Crippen LogP contribution in [-0.2, 0) is 16.8 Å². The highest BCUT2D eigenvalue weighted by Gasteiger charge is 2.31. The fourth-order valence-electron chi connectivity index (χ4n) is 2.58. The highest BCUT2D eigenvalue weighted by Crippen LogP contribution is 2.19. The van der Waals surface area contributed by atoms with Crippen LogP contribution in [0.2, 0.25) is 0 Å². The zero-order chi connectivity index (χ0) is 14.4. The van der Waals surface area contributed by atoms with Crippen molar-refractivity contribution in [2.24, 2.45) is 0 Å². The summed E-state index contributed by atoms with van der Waals surface area (Å²) in [6, 6.07) is 9.64. The van der Waals surface area contributed by atoms with Crippen molar-refractivity contribution in [1.29, 1.82) is 0 Å². The Morgan fingerprint density at radius 2 is 2.00 bits per heavy atom. The van der Waals surface area contributed by atoms with Crippen LogP contribution in [-0.4, -0.2) is 38.9 Å². The van der Waals surface area contributed by atoms with E-state index in [2.05, 4.69) is 10.0 Å². The molecule has 5 nitrogen and oxygen atoms in total. The zero-order valence-corrected chi connectivity index (χ0v) is 12.7. The van der Waals surface area contributed by atoms with Gasteiger partial charge in [-0.05, 0) is 25.5 Å². The van der Waals surface area contributed by atoms with E-state index in [9.17, 15) is 8.42 Å². The Morgan fingerprint density at radius 1 is 1.25 bits per heavy atom. The van der Waals surface area contributed by atoms with Crippen molar-refractivity contribution in [2.75, 3.05) is 20.1 Å². The number of nitrogens with one attached hydrogen (secondary N) is 2. The Bertz CT molecular complexity index is 502. The molecule has 0 aliphatic carbocycles. The van der Waals surface area contributed by atoms with Crippen LogP contribution in [0, 0.1) is 0 Å². The van der Waals surface area contributed by atoms with Crippen LogP contribution >= 0.6 is 0 Å². The van der Waals surface area contributed by atoms with Gasteiger partial charge in [-0.2, -0.15) is 17.4 Å². The van der Waals surface area contributed by atoms with Crippen LogP contribution < -0.4 is 10.0 Å². The molecule has 0 amide bonds. The van der Waals surface area contributed by atoms with Crippen molar-refractivity contribution < 1.29 is 8.42 Å². The summed E-state index contributed by atoms with van der Waals surface area (Å²) in [7, 11) is -1.55. The average Bonchev–Trinajstić information content (AvgIpc) is 2.47. The average molecular weight is 297 g/mol. The van der Waals surface area contributed by atoms with Crippen molar-refractivity contribution in [1.82, 2.24) is 14.3 Å². The van der Waals surface area contributed by atoms with Crippen LogP contribution in [0.3, 0.4) is 0 Å². The minimum Gasteiger partial charge on any atom is -0.318 e. The number of benzene rings is 1. The minimum atomic E-state index is -3.41. The van der Waals surface area contributed by atoms with E-state index in [0.717, 1.165) is 24.8 Å². The third-order valence-corrected chi connectivity index (χ3v) is 5.23. The highest BCUT2D eigenvalue weighted by atomic mass is 32.2. The second kappa shape index (κ2) is 7.17. The molecule has 0 radical (unpaired) electrons. The summed E-state index contributed by atoms with van der Waals surface area (Å²) >= 11 is 0. The fraction of sp³-hybridized carbons (Fsp3) is 0.571. The fourth-order valence-corrected chi connectivity index (χ4v) is 4.04. The maximum atomic E-state index is 12.4. The maximum absolute atomic E-state index is 12.4. The number of piperidine rings is 1.